The number of carbonyl (C=O) groups excluding carboxylic acids is 1. The van der Waals surface area contributed by atoms with Crippen LogP contribution in [0, 0.1) is 6.92 Å². The van der Waals surface area contributed by atoms with E-state index in [1.165, 1.54) is 11.6 Å². The van der Waals surface area contributed by atoms with Crippen molar-refractivity contribution >= 4 is 11.6 Å². The number of aryl methyl sites for hydroxylation is 2. The normalized spacial score (nSPS) is 10.2. The first-order valence-electron chi connectivity index (χ1n) is 6.89. The van der Waals surface area contributed by atoms with Gasteiger partial charge in [0.2, 0.25) is 0 Å². The Morgan fingerprint density at radius 1 is 1.24 bits per heavy atom. The van der Waals surface area contributed by atoms with Crippen LogP contribution >= 0.6 is 0 Å². The van der Waals surface area contributed by atoms with Crippen molar-refractivity contribution in [2.75, 3.05) is 11.9 Å². The van der Waals surface area contributed by atoms with Gasteiger partial charge in [-0.05, 0) is 54.8 Å². The first-order valence-corrected chi connectivity index (χ1v) is 6.89. The third-order valence-corrected chi connectivity index (χ3v) is 3.16. The Bertz CT molecular complexity index is 638. The molecule has 0 saturated carbocycles. The smallest absolute Gasteiger partial charge is 0.262 e. The second-order valence-corrected chi connectivity index (χ2v) is 4.84. The molecule has 0 unspecified atom stereocenters. The van der Waals surface area contributed by atoms with Crippen molar-refractivity contribution in [1.82, 2.24) is 0 Å². The summed E-state index contributed by atoms with van der Waals surface area (Å²) in [5.74, 6) is 0.635. The quantitative estimate of drug-likeness (QED) is 0.829. The number of ether oxygens (including phenoxy) is 1. The van der Waals surface area contributed by atoms with Crippen molar-refractivity contribution < 1.29 is 14.6 Å². The Hall–Kier alpha value is -2.49. The van der Waals surface area contributed by atoms with Gasteiger partial charge in [-0.3, -0.25) is 4.79 Å². The number of hydrogen-bond acceptors (Lipinski definition) is 3. The molecule has 0 aromatic heterocycles. The van der Waals surface area contributed by atoms with Crippen molar-refractivity contribution in [2.45, 2.75) is 20.3 Å². The molecule has 2 aromatic rings. The topological polar surface area (TPSA) is 58.6 Å². The average molecular weight is 285 g/mol. The minimum absolute atomic E-state index is 0.0481. The van der Waals surface area contributed by atoms with Gasteiger partial charge in [-0.15, -0.1) is 0 Å². The molecule has 2 N–H and O–H groups in total. The van der Waals surface area contributed by atoms with E-state index in [4.69, 9.17) is 4.74 Å². The van der Waals surface area contributed by atoms with Crippen molar-refractivity contribution in [2.24, 2.45) is 0 Å². The largest absolute Gasteiger partial charge is 0.508 e. The molecule has 0 bridgehead atoms. The number of carbonyl (C=O) groups is 1. The first kappa shape index (κ1) is 14.9. The van der Waals surface area contributed by atoms with E-state index in [-0.39, 0.29) is 18.3 Å². The maximum Gasteiger partial charge on any atom is 0.262 e. The van der Waals surface area contributed by atoms with E-state index >= 15 is 0 Å². The summed E-state index contributed by atoms with van der Waals surface area (Å²) >= 11 is 0. The second-order valence-electron chi connectivity index (χ2n) is 4.84. The summed E-state index contributed by atoms with van der Waals surface area (Å²) in [6.07, 6.45) is 0.927. The Balaban J connectivity index is 1.92. The van der Waals surface area contributed by atoms with Crippen LogP contribution in [0.15, 0.2) is 42.5 Å². The number of amides is 1. The Morgan fingerprint density at radius 3 is 2.76 bits per heavy atom. The van der Waals surface area contributed by atoms with E-state index in [0.29, 0.717) is 11.4 Å². The molecule has 0 atom stereocenters. The zero-order valence-electron chi connectivity index (χ0n) is 12.2. The van der Waals surface area contributed by atoms with E-state index in [1.807, 2.05) is 31.2 Å². The average Bonchev–Trinajstić information content (AvgIpc) is 2.48. The highest BCUT2D eigenvalue weighted by molar-refractivity contribution is 5.92. The molecular weight excluding hydrogens is 266 g/mol. The van der Waals surface area contributed by atoms with Crippen LogP contribution in [0.3, 0.4) is 0 Å². The summed E-state index contributed by atoms with van der Waals surface area (Å²) in [6.45, 7) is 3.84. The molecule has 21 heavy (non-hydrogen) atoms. The molecule has 0 aliphatic carbocycles. The van der Waals surface area contributed by atoms with E-state index in [9.17, 15) is 9.90 Å². The number of phenolic OH excluding ortho intramolecular Hbond substituents is 1. The van der Waals surface area contributed by atoms with Crippen LogP contribution < -0.4 is 10.1 Å². The lowest BCUT2D eigenvalue weighted by Gasteiger charge is -2.10. The molecule has 0 saturated heterocycles. The molecule has 4 heteroatoms. The summed E-state index contributed by atoms with van der Waals surface area (Å²) in [5.41, 5.74) is 2.64. The van der Waals surface area contributed by atoms with Crippen LogP contribution in [0.2, 0.25) is 0 Å². The van der Waals surface area contributed by atoms with Crippen LogP contribution in [0.25, 0.3) is 0 Å². The van der Waals surface area contributed by atoms with Crippen molar-refractivity contribution in [3.8, 4) is 11.5 Å². The summed E-state index contributed by atoms with van der Waals surface area (Å²) < 4.78 is 5.48. The van der Waals surface area contributed by atoms with Crippen LogP contribution in [0.4, 0.5) is 5.69 Å². The van der Waals surface area contributed by atoms with Gasteiger partial charge in [0.1, 0.15) is 11.5 Å². The molecule has 1 amide bonds. The van der Waals surface area contributed by atoms with E-state index < -0.39 is 0 Å². The predicted molar refractivity (Wildman–Crippen MR) is 82.8 cm³/mol. The maximum absolute atomic E-state index is 11.9. The summed E-state index contributed by atoms with van der Waals surface area (Å²) in [6, 6.07) is 12.5. The predicted octanol–water partition coefficient (Wildman–Crippen LogP) is 3.28. The minimum atomic E-state index is -0.231. The lowest BCUT2D eigenvalue weighted by molar-refractivity contribution is -0.118. The van der Waals surface area contributed by atoms with Gasteiger partial charge in [0, 0.05) is 5.69 Å². The fourth-order valence-electron chi connectivity index (χ4n) is 1.98. The molecule has 0 aliphatic heterocycles. The second kappa shape index (κ2) is 6.79. The van der Waals surface area contributed by atoms with Crippen LogP contribution in [-0.4, -0.2) is 17.6 Å². The monoisotopic (exact) mass is 285 g/mol. The van der Waals surface area contributed by atoms with Gasteiger partial charge in [0.05, 0.1) is 0 Å². The van der Waals surface area contributed by atoms with Gasteiger partial charge in [0.15, 0.2) is 6.61 Å². The van der Waals surface area contributed by atoms with Crippen LogP contribution in [-0.2, 0) is 11.2 Å². The molecule has 0 spiro atoms. The van der Waals surface area contributed by atoms with Crippen molar-refractivity contribution in [3.05, 3.63) is 53.6 Å². The van der Waals surface area contributed by atoms with Gasteiger partial charge in [0.25, 0.3) is 5.91 Å². The molecule has 0 radical (unpaired) electrons. The first-order chi connectivity index (χ1) is 10.1. The van der Waals surface area contributed by atoms with E-state index in [1.54, 1.807) is 12.1 Å². The summed E-state index contributed by atoms with van der Waals surface area (Å²) in [7, 11) is 0. The highest BCUT2D eigenvalue weighted by Gasteiger charge is 2.06. The number of rotatable bonds is 5. The van der Waals surface area contributed by atoms with Gasteiger partial charge in [-0.1, -0.05) is 19.1 Å². The minimum Gasteiger partial charge on any atom is -0.508 e. The Labute approximate surface area is 124 Å². The summed E-state index contributed by atoms with van der Waals surface area (Å²) in [5, 5.41) is 12.1. The van der Waals surface area contributed by atoms with Gasteiger partial charge in [-0.25, -0.2) is 0 Å². The molecule has 0 aliphatic rings. The van der Waals surface area contributed by atoms with E-state index in [2.05, 4.69) is 12.2 Å². The van der Waals surface area contributed by atoms with Gasteiger partial charge < -0.3 is 15.2 Å². The zero-order chi connectivity index (χ0) is 15.2. The molecule has 0 fully saturated rings. The molecular formula is C17H19NO3. The highest BCUT2D eigenvalue weighted by atomic mass is 16.5. The summed E-state index contributed by atoms with van der Waals surface area (Å²) in [4.78, 5) is 11.9. The number of nitrogens with one attached hydrogen (secondary N) is 1. The highest BCUT2D eigenvalue weighted by Crippen LogP contribution is 2.20. The maximum atomic E-state index is 11.9. The van der Waals surface area contributed by atoms with Crippen molar-refractivity contribution in [3.63, 3.8) is 0 Å². The van der Waals surface area contributed by atoms with Crippen LogP contribution in [0.1, 0.15) is 18.1 Å². The molecule has 110 valence electrons. The number of benzene rings is 2. The fraction of sp³-hybridized carbons (Fsp3) is 0.235. The molecule has 0 heterocycles. The molecule has 4 nitrogen and oxygen atoms in total. The lowest BCUT2D eigenvalue weighted by atomic mass is 10.2. The van der Waals surface area contributed by atoms with Gasteiger partial charge >= 0.3 is 0 Å². The van der Waals surface area contributed by atoms with Gasteiger partial charge in [-0.2, -0.15) is 0 Å². The molecule has 2 aromatic carbocycles. The molecule has 2 rings (SSSR count). The number of anilines is 1. The number of phenols is 1. The SMILES string of the molecule is CCc1cccc(OCC(=O)Nc2ccc(O)cc2C)c1. The lowest BCUT2D eigenvalue weighted by Crippen LogP contribution is -2.20. The third kappa shape index (κ3) is 4.24. The third-order valence-electron chi connectivity index (χ3n) is 3.16. The van der Waals surface area contributed by atoms with Crippen LogP contribution in [0.5, 0.6) is 11.5 Å². The standard InChI is InChI=1S/C17H19NO3/c1-3-13-5-4-6-15(10-13)21-11-17(20)18-16-8-7-14(19)9-12(16)2/h4-10,19H,3,11H2,1-2H3,(H,18,20). The number of aromatic hydroxyl groups is 1. The van der Waals surface area contributed by atoms with Crippen molar-refractivity contribution in [1.29, 1.82) is 0 Å². The Kier molecular flexibility index (Phi) is 4.82. The fourth-order valence-corrected chi connectivity index (χ4v) is 1.98. The number of hydrogen-bond donors (Lipinski definition) is 2. The Morgan fingerprint density at radius 2 is 2.05 bits per heavy atom. The van der Waals surface area contributed by atoms with E-state index in [0.717, 1.165) is 12.0 Å². The zero-order valence-corrected chi connectivity index (χ0v) is 12.2.